The molecule has 1 fully saturated rings. The summed E-state index contributed by atoms with van der Waals surface area (Å²) >= 11 is 1.34. The summed E-state index contributed by atoms with van der Waals surface area (Å²) in [6.07, 6.45) is 0.702. The fourth-order valence-corrected chi connectivity index (χ4v) is 3.85. The number of ether oxygens (including phenoxy) is 1. The van der Waals surface area contributed by atoms with E-state index in [0.717, 1.165) is 16.3 Å². The van der Waals surface area contributed by atoms with Crippen molar-refractivity contribution in [2.75, 3.05) is 5.88 Å². The number of thioether (sulfide) groups is 1. The first-order valence-electron chi connectivity index (χ1n) is 8.48. The number of nitrogens with one attached hydrogen (secondary N) is 1. The molecule has 1 heterocycles. The topological polar surface area (TPSA) is 38.3 Å². The van der Waals surface area contributed by atoms with Crippen molar-refractivity contribution < 1.29 is 13.9 Å². The fraction of sp³-hybridized carbons (Fsp3) is 0.190. The van der Waals surface area contributed by atoms with Crippen LogP contribution in [0.15, 0.2) is 60.7 Å². The third-order valence-electron chi connectivity index (χ3n) is 4.50. The van der Waals surface area contributed by atoms with Crippen molar-refractivity contribution in [2.24, 2.45) is 0 Å². The Labute approximate surface area is 155 Å². The third-order valence-corrected chi connectivity index (χ3v) is 5.38. The lowest BCUT2D eigenvalue weighted by molar-refractivity contribution is -0.112. The van der Waals surface area contributed by atoms with Gasteiger partial charge >= 0.3 is 0 Å². The van der Waals surface area contributed by atoms with Crippen molar-refractivity contribution in [3.8, 4) is 5.75 Å². The maximum atomic E-state index is 13.7. The summed E-state index contributed by atoms with van der Waals surface area (Å²) < 4.78 is 19.4. The molecule has 132 valence electrons. The average molecular weight is 367 g/mol. The van der Waals surface area contributed by atoms with Gasteiger partial charge in [0, 0.05) is 5.56 Å². The number of halogens is 1. The van der Waals surface area contributed by atoms with Gasteiger partial charge in [-0.1, -0.05) is 54.2 Å². The van der Waals surface area contributed by atoms with Gasteiger partial charge in [-0.3, -0.25) is 10.1 Å². The number of carbonyl (C=O) groups is 1. The molecule has 3 aromatic carbocycles. The van der Waals surface area contributed by atoms with Crippen molar-refractivity contribution in [3.05, 3.63) is 77.6 Å². The molecule has 26 heavy (non-hydrogen) atoms. The van der Waals surface area contributed by atoms with Gasteiger partial charge in [-0.25, -0.2) is 4.39 Å². The van der Waals surface area contributed by atoms with Crippen LogP contribution in [0.4, 0.5) is 4.39 Å². The molecule has 0 radical (unpaired) electrons. The fourth-order valence-electron chi connectivity index (χ4n) is 3.06. The summed E-state index contributed by atoms with van der Waals surface area (Å²) in [5.41, 5.74) is 1.67. The Morgan fingerprint density at radius 3 is 2.69 bits per heavy atom. The second kappa shape index (κ2) is 7.48. The number of rotatable bonds is 5. The Bertz CT molecular complexity index is 960. The molecule has 3 nitrogen and oxygen atoms in total. The highest BCUT2D eigenvalue weighted by atomic mass is 32.2. The molecule has 1 aliphatic rings. The molecule has 0 aliphatic carbocycles. The van der Waals surface area contributed by atoms with Crippen LogP contribution in [0.5, 0.6) is 5.75 Å². The van der Waals surface area contributed by atoms with Gasteiger partial charge < -0.3 is 4.74 Å². The molecule has 1 aliphatic heterocycles. The molecule has 0 aromatic heterocycles. The highest BCUT2D eigenvalue weighted by molar-refractivity contribution is 8.14. The molecule has 3 aromatic rings. The predicted octanol–water partition coefficient (Wildman–Crippen LogP) is 4.29. The first kappa shape index (κ1) is 17.1. The SMILES string of the molecule is O=C1SCNC1Cc1ccc2cc(OCc3ccccc3F)ccc2c1. The van der Waals surface area contributed by atoms with E-state index in [0.29, 0.717) is 23.6 Å². The summed E-state index contributed by atoms with van der Waals surface area (Å²) in [6, 6.07) is 18.5. The summed E-state index contributed by atoms with van der Waals surface area (Å²) in [4.78, 5) is 11.8. The predicted molar refractivity (Wildman–Crippen MR) is 103 cm³/mol. The van der Waals surface area contributed by atoms with Crippen LogP contribution in [-0.4, -0.2) is 17.0 Å². The van der Waals surface area contributed by atoms with Crippen molar-refractivity contribution in [1.82, 2.24) is 5.32 Å². The minimum atomic E-state index is -0.258. The first-order chi connectivity index (χ1) is 12.7. The summed E-state index contributed by atoms with van der Waals surface area (Å²) in [7, 11) is 0. The van der Waals surface area contributed by atoms with E-state index in [2.05, 4.69) is 11.4 Å². The Hall–Kier alpha value is -2.37. The van der Waals surface area contributed by atoms with E-state index in [1.807, 2.05) is 30.3 Å². The van der Waals surface area contributed by atoms with Gasteiger partial charge in [0.05, 0.1) is 11.9 Å². The van der Waals surface area contributed by atoms with Gasteiger partial charge in [0.15, 0.2) is 0 Å². The summed E-state index contributed by atoms with van der Waals surface area (Å²) in [6.45, 7) is 0.198. The van der Waals surface area contributed by atoms with E-state index in [1.165, 1.54) is 17.8 Å². The zero-order chi connectivity index (χ0) is 17.9. The van der Waals surface area contributed by atoms with E-state index < -0.39 is 0 Å². The van der Waals surface area contributed by atoms with E-state index in [-0.39, 0.29) is 23.6 Å². The Morgan fingerprint density at radius 1 is 1.08 bits per heavy atom. The van der Waals surface area contributed by atoms with Gasteiger partial charge in [0.25, 0.3) is 0 Å². The van der Waals surface area contributed by atoms with Gasteiger partial charge in [0.1, 0.15) is 18.2 Å². The molecule has 5 heteroatoms. The lowest BCUT2D eigenvalue weighted by atomic mass is 10.0. The van der Waals surface area contributed by atoms with Crippen molar-refractivity contribution in [1.29, 1.82) is 0 Å². The molecule has 0 spiro atoms. The van der Waals surface area contributed by atoms with Gasteiger partial charge in [0.2, 0.25) is 5.12 Å². The maximum Gasteiger partial charge on any atom is 0.207 e. The highest BCUT2D eigenvalue weighted by Gasteiger charge is 2.24. The maximum absolute atomic E-state index is 13.7. The van der Waals surface area contributed by atoms with E-state index >= 15 is 0 Å². The molecular weight excluding hydrogens is 349 g/mol. The first-order valence-corrected chi connectivity index (χ1v) is 9.46. The normalized spacial score (nSPS) is 17.0. The molecule has 1 saturated heterocycles. The number of fused-ring (bicyclic) bond motifs is 1. The summed E-state index contributed by atoms with van der Waals surface area (Å²) in [5, 5.41) is 5.57. The molecule has 1 atom stereocenters. The molecule has 0 amide bonds. The van der Waals surface area contributed by atoms with Crippen molar-refractivity contribution >= 4 is 27.6 Å². The third kappa shape index (κ3) is 3.74. The molecule has 0 saturated carbocycles. The Morgan fingerprint density at radius 2 is 1.88 bits per heavy atom. The second-order valence-corrected chi connectivity index (χ2v) is 7.27. The van der Waals surface area contributed by atoms with Gasteiger partial charge in [-0.15, -0.1) is 0 Å². The monoisotopic (exact) mass is 367 g/mol. The van der Waals surface area contributed by atoms with E-state index in [4.69, 9.17) is 4.74 Å². The van der Waals surface area contributed by atoms with E-state index in [9.17, 15) is 9.18 Å². The smallest absolute Gasteiger partial charge is 0.207 e. The number of hydrogen-bond donors (Lipinski definition) is 1. The lowest BCUT2D eigenvalue weighted by Gasteiger charge is -2.11. The second-order valence-electron chi connectivity index (χ2n) is 6.29. The quantitative estimate of drug-likeness (QED) is 0.730. The van der Waals surface area contributed by atoms with Crippen LogP contribution in [-0.2, 0) is 17.8 Å². The molecule has 0 bridgehead atoms. The number of benzene rings is 3. The van der Waals surface area contributed by atoms with E-state index in [1.54, 1.807) is 18.2 Å². The largest absolute Gasteiger partial charge is 0.489 e. The standard InChI is InChI=1S/C21H18FNO2S/c22-19-4-2-1-3-17(19)12-25-18-8-7-15-9-14(5-6-16(15)11-18)10-20-21(24)26-13-23-20/h1-9,11,20,23H,10,12-13H2. The number of hydrogen-bond acceptors (Lipinski definition) is 4. The average Bonchev–Trinajstić information content (AvgIpc) is 3.05. The van der Waals surface area contributed by atoms with Crippen LogP contribution in [0.1, 0.15) is 11.1 Å². The zero-order valence-electron chi connectivity index (χ0n) is 14.1. The van der Waals surface area contributed by atoms with Crippen LogP contribution < -0.4 is 10.1 Å². The molecular formula is C21H18FNO2S. The number of carbonyl (C=O) groups excluding carboxylic acids is 1. The molecule has 1 unspecified atom stereocenters. The highest BCUT2D eigenvalue weighted by Crippen LogP contribution is 2.25. The van der Waals surface area contributed by atoms with Crippen LogP contribution in [0.25, 0.3) is 10.8 Å². The Kier molecular flexibility index (Phi) is 4.91. The summed E-state index contributed by atoms with van der Waals surface area (Å²) in [5.74, 6) is 1.14. The van der Waals surface area contributed by atoms with Gasteiger partial charge in [-0.05, 0) is 41.0 Å². The van der Waals surface area contributed by atoms with Crippen LogP contribution in [0.3, 0.4) is 0 Å². The van der Waals surface area contributed by atoms with Crippen LogP contribution in [0.2, 0.25) is 0 Å². The lowest BCUT2D eigenvalue weighted by Crippen LogP contribution is -2.29. The van der Waals surface area contributed by atoms with Crippen molar-refractivity contribution in [3.63, 3.8) is 0 Å². The zero-order valence-corrected chi connectivity index (χ0v) is 14.9. The van der Waals surface area contributed by atoms with Crippen LogP contribution >= 0.6 is 11.8 Å². The van der Waals surface area contributed by atoms with Crippen molar-refractivity contribution in [2.45, 2.75) is 19.1 Å². The minimum absolute atomic E-state index is 0.0965. The Balaban J connectivity index is 1.48. The minimum Gasteiger partial charge on any atom is -0.489 e. The molecule has 1 N–H and O–H groups in total. The van der Waals surface area contributed by atoms with Gasteiger partial charge in [-0.2, -0.15) is 0 Å². The van der Waals surface area contributed by atoms with Crippen LogP contribution in [0, 0.1) is 5.82 Å². The molecule has 4 rings (SSSR count).